The van der Waals surface area contributed by atoms with Crippen LogP contribution in [0.15, 0.2) is 24.3 Å². The predicted molar refractivity (Wildman–Crippen MR) is 82.9 cm³/mol. The highest BCUT2D eigenvalue weighted by atomic mass is 16.3. The Balaban J connectivity index is 1.72. The number of rotatable bonds is 4. The largest absolute Gasteiger partial charge is 0.392 e. The van der Waals surface area contributed by atoms with Crippen LogP contribution < -0.4 is 5.32 Å². The van der Waals surface area contributed by atoms with Gasteiger partial charge >= 0.3 is 0 Å². The predicted octanol–water partition coefficient (Wildman–Crippen LogP) is 3.29. The van der Waals surface area contributed by atoms with Gasteiger partial charge in [0.2, 0.25) is 0 Å². The van der Waals surface area contributed by atoms with E-state index in [0.29, 0.717) is 5.92 Å². The van der Waals surface area contributed by atoms with Crippen molar-refractivity contribution in [3.8, 4) is 0 Å². The fourth-order valence-electron chi connectivity index (χ4n) is 3.05. The number of H-pyrrole nitrogens is 1. The maximum atomic E-state index is 9.84. The molecule has 1 saturated carbocycles. The molecule has 20 heavy (non-hydrogen) atoms. The third-order valence-electron chi connectivity index (χ3n) is 4.38. The molecule has 2 aromatic rings. The first-order valence-corrected chi connectivity index (χ1v) is 7.66. The van der Waals surface area contributed by atoms with Crippen LogP contribution >= 0.6 is 0 Å². The van der Waals surface area contributed by atoms with Crippen molar-refractivity contribution in [3.05, 3.63) is 35.5 Å². The normalized spacial score (nSPS) is 23.0. The molecular formula is C17H24N2O. The average Bonchev–Trinajstić information content (AvgIpc) is 3.01. The van der Waals surface area contributed by atoms with Gasteiger partial charge in [-0.15, -0.1) is 0 Å². The molecule has 3 heteroatoms. The zero-order valence-corrected chi connectivity index (χ0v) is 12.3. The number of hydrogen-bond acceptors (Lipinski definition) is 2. The monoisotopic (exact) mass is 272 g/mol. The van der Waals surface area contributed by atoms with E-state index < -0.39 is 0 Å². The van der Waals surface area contributed by atoms with Gasteiger partial charge < -0.3 is 15.4 Å². The lowest BCUT2D eigenvalue weighted by molar-refractivity contribution is 0.148. The van der Waals surface area contributed by atoms with E-state index in [2.05, 4.69) is 48.4 Å². The number of aromatic nitrogens is 1. The molecular weight excluding hydrogens is 248 g/mol. The zero-order chi connectivity index (χ0) is 14.1. The second-order valence-electron chi connectivity index (χ2n) is 6.29. The molecule has 0 saturated heterocycles. The number of aliphatic hydroxyl groups is 1. The molecule has 0 amide bonds. The van der Waals surface area contributed by atoms with Crippen LogP contribution in [0.25, 0.3) is 10.9 Å². The van der Waals surface area contributed by atoms with Crippen LogP contribution in [-0.4, -0.2) is 22.2 Å². The molecule has 108 valence electrons. The van der Waals surface area contributed by atoms with E-state index in [1.807, 2.05) is 0 Å². The second kappa shape index (κ2) is 5.58. The molecule has 0 aliphatic heterocycles. The van der Waals surface area contributed by atoms with E-state index in [4.69, 9.17) is 0 Å². The van der Waals surface area contributed by atoms with Gasteiger partial charge in [0.05, 0.1) is 6.10 Å². The first-order chi connectivity index (χ1) is 9.63. The van der Waals surface area contributed by atoms with Gasteiger partial charge in [-0.1, -0.05) is 19.9 Å². The average molecular weight is 272 g/mol. The van der Waals surface area contributed by atoms with Crippen molar-refractivity contribution >= 4 is 10.9 Å². The molecule has 1 heterocycles. The van der Waals surface area contributed by atoms with Crippen molar-refractivity contribution in [2.24, 2.45) is 0 Å². The fraction of sp³-hybridized carbons (Fsp3) is 0.529. The lowest BCUT2D eigenvalue weighted by Gasteiger charge is -2.16. The van der Waals surface area contributed by atoms with Crippen molar-refractivity contribution in [1.29, 1.82) is 0 Å². The number of aliphatic hydroxyl groups excluding tert-OH is 1. The van der Waals surface area contributed by atoms with Gasteiger partial charge in [0, 0.05) is 23.8 Å². The topological polar surface area (TPSA) is 48.0 Å². The minimum absolute atomic E-state index is 0.168. The molecule has 0 radical (unpaired) electrons. The third kappa shape index (κ3) is 2.74. The fourth-order valence-corrected chi connectivity index (χ4v) is 3.05. The van der Waals surface area contributed by atoms with E-state index in [-0.39, 0.29) is 12.1 Å². The SMILES string of the molecule is CC(C)c1cc2cc(CN[C@@H]3CCC[C@@H]3O)ccc2[nH]1. The van der Waals surface area contributed by atoms with Gasteiger partial charge in [-0.25, -0.2) is 0 Å². The summed E-state index contributed by atoms with van der Waals surface area (Å²) in [7, 11) is 0. The van der Waals surface area contributed by atoms with E-state index in [9.17, 15) is 5.11 Å². The molecule has 1 aliphatic carbocycles. The van der Waals surface area contributed by atoms with Gasteiger partial charge in [0.15, 0.2) is 0 Å². The second-order valence-corrected chi connectivity index (χ2v) is 6.29. The Bertz CT molecular complexity index is 588. The van der Waals surface area contributed by atoms with Crippen LogP contribution in [0.1, 0.15) is 50.3 Å². The molecule has 1 aliphatic rings. The summed E-state index contributed by atoms with van der Waals surface area (Å²) < 4.78 is 0. The van der Waals surface area contributed by atoms with Crippen LogP contribution in [0.5, 0.6) is 0 Å². The molecule has 3 nitrogen and oxygen atoms in total. The van der Waals surface area contributed by atoms with Crippen molar-refractivity contribution in [3.63, 3.8) is 0 Å². The van der Waals surface area contributed by atoms with Crippen LogP contribution in [-0.2, 0) is 6.54 Å². The summed E-state index contributed by atoms with van der Waals surface area (Å²) >= 11 is 0. The van der Waals surface area contributed by atoms with Gasteiger partial charge in [0.25, 0.3) is 0 Å². The van der Waals surface area contributed by atoms with Crippen molar-refractivity contribution < 1.29 is 5.11 Å². The number of aromatic amines is 1. The lowest BCUT2D eigenvalue weighted by Crippen LogP contribution is -2.34. The molecule has 1 aromatic heterocycles. The summed E-state index contributed by atoms with van der Waals surface area (Å²) in [5, 5.41) is 14.6. The molecule has 3 N–H and O–H groups in total. The van der Waals surface area contributed by atoms with Crippen molar-refractivity contribution in [1.82, 2.24) is 10.3 Å². The first-order valence-electron chi connectivity index (χ1n) is 7.66. The molecule has 0 unspecified atom stereocenters. The van der Waals surface area contributed by atoms with Crippen LogP contribution in [0.4, 0.5) is 0 Å². The molecule has 1 fully saturated rings. The summed E-state index contributed by atoms with van der Waals surface area (Å²) in [4.78, 5) is 3.47. The summed E-state index contributed by atoms with van der Waals surface area (Å²) in [6.45, 7) is 5.24. The Hall–Kier alpha value is -1.32. The highest BCUT2D eigenvalue weighted by Crippen LogP contribution is 2.23. The smallest absolute Gasteiger partial charge is 0.0693 e. The number of fused-ring (bicyclic) bond motifs is 1. The number of nitrogens with one attached hydrogen (secondary N) is 2. The quantitative estimate of drug-likeness (QED) is 0.800. The summed E-state index contributed by atoms with van der Waals surface area (Å²) in [6.07, 6.45) is 2.99. The molecule has 1 aromatic carbocycles. The van der Waals surface area contributed by atoms with E-state index >= 15 is 0 Å². The maximum absolute atomic E-state index is 9.84. The first kappa shape index (κ1) is 13.7. The van der Waals surface area contributed by atoms with Gasteiger partial charge in [-0.2, -0.15) is 0 Å². The third-order valence-corrected chi connectivity index (χ3v) is 4.38. The summed E-state index contributed by atoms with van der Waals surface area (Å²) in [5.41, 5.74) is 3.78. The molecule has 0 bridgehead atoms. The van der Waals surface area contributed by atoms with E-state index in [1.165, 1.54) is 22.2 Å². The minimum Gasteiger partial charge on any atom is -0.392 e. The Morgan fingerprint density at radius 2 is 2.15 bits per heavy atom. The van der Waals surface area contributed by atoms with Gasteiger partial charge in [-0.05, 0) is 54.3 Å². The van der Waals surface area contributed by atoms with Gasteiger partial charge in [0.1, 0.15) is 0 Å². The highest BCUT2D eigenvalue weighted by Gasteiger charge is 2.24. The Morgan fingerprint density at radius 1 is 1.30 bits per heavy atom. The number of benzene rings is 1. The van der Waals surface area contributed by atoms with Crippen molar-refractivity contribution in [2.45, 2.75) is 57.7 Å². The van der Waals surface area contributed by atoms with Crippen LogP contribution in [0.3, 0.4) is 0 Å². The molecule has 3 rings (SSSR count). The van der Waals surface area contributed by atoms with E-state index in [1.54, 1.807) is 0 Å². The summed E-state index contributed by atoms with van der Waals surface area (Å²) in [6, 6.07) is 9.07. The van der Waals surface area contributed by atoms with Crippen molar-refractivity contribution in [2.75, 3.05) is 0 Å². The standard InChI is InChI=1S/C17H24N2O/c1-11(2)16-9-13-8-12(6-7-14(13)19-16)10-18-15-4-3-5-17(15)20/h6-9,11,15,17-20H,3-5,10H2,1-2H3/t15-,17+/m1/s1. The summed E-state index contributed by atoms with van der Waals surface area (Å²) in [5.74, 6) is 0.526. The van der Waals surface area contributed by atoms with Crippen LogP contribution in [0.2, 0.25) is 0 Å². The van der Waals surface area contributed by atoms with Crippen LogP contribution in [0, 0.1) is 0 Å². The van der Waals surface area contributed by atoms with E-state index in [0.717, 1.165) is 25.8 Å². The Labute approximate surface area is 120 Å². The zero-order valence-electron chi connectivity index (χ0n) is 12.3. The maximum Gasteiger partial charge on any atom is 0.0693 e. The lowest BCUT2D eigenvalue weighted by atomic mass is 10.1. The molecule has 2 atom stereocenters. The Morgan fingerprint density at radius 3 is 2.85 bits per heavy atom. The highest BCUT2D eigenvalue weighted by molar-refractivity contribution is 5.81. The van der Waals surface area contributed by atoms with Gasteiger partial charge in [-0.3, -0.25) is 0 Å². The Kier molecular flexibility index (Phi) is 3.81. The minimum atomic E-state index is -0.168. The molecule has 0 spiro atoms. The number of hydrogen-bond donors (Lipinski definition) is 3.